The van der Waals surface area contributed by atoms with Crippen LogP contribution in [0.25, 0.3) is 5.57 Å². The van der Waals surface area contributed by atoms with Crippen molar-refractivity contribution in [1.29, 1.82) is 0 Å². The highest BCUT2D eigenvalue weighted by molar-refractivity contribution is 5.99. The fraction of sp³-hybridized carbons (Fsp3) is 0.118. The molecular weight excluding hydrogens is 250 g/mol. The van der Waals surface area contributed by atoms with Crippen LogP contribution in [-0.2, 0) is 4.79 Å². The third kappa shape index (κ3) is 3.06. The topological polar surface area (TPSA) is 49.3 Å². The van der Waals surface area contributed by atoms with Crippen LogP contribution in [0.15, 0.2) is 54.6 Å². The van der Waals surface area contributed by atoms with Gasteiger partial charge in [-0.2, -0.15) is 0 Å². The molecule has 0 aromatic heterocycles. The molecule has 2 aromatic carbocycles. The molecule has 2 N–H and O–H groups in total. The van der Waals surface area contributed by atoms with E-state index in [0.29, 0.717) is 0 Å². The first kappa shape index (κ1) is 13.9. The van der Waals surface area contributed by atoms with Gasteiger partial charge in [-0.15, -0.1) is 0 Å². The molecule has 0 saturated carbocycles. The van der Waals surface area contributed by atoms with Crippen molar-refractivity contribution in [3.8, 4) is 5.75 Å². The Kier molecular flexibility index (Phi) is 4.20. The van der Waals surface area contributed by atoms with Crippen LogP contribution in [0.5, 0.6) is 5.75 Å². The van der Waals surface area contributed by atoms with E-state index >= 15 is 0 Å². The molecule has 0 aliphatic rings. The third-order valence-electron chi connectivity index (χ3n) is 3.14. The third-order valence-corrected chi connectivity index (χ3v) is 3.14. The summed E-state index contributed by atoms with van der Waals surface area (Å²) in [5.41, 5.74) is 3.82. The van der Waals surface area contributed by atoms with Gasteiger partial charge in [0.2, 0.25) is 5.91 Å². The first-order valence-electron chi connectivity index (χ1n) is 6.40. The van der Waals surface area contributed by atoms with Crippen molar-refractivity contribution in [3.63, 3.8) is 0 Å². The minimum atomic E-state index is -0.156. The summed E-state index contributed by atoms with van der Waals surface area (Å²) in [4.78, 5) is 11.7. The van der Waals surface area contributed by atoms with Crippen LogP contribution in [0.4, 0.5) is 0 Å². The van der Waals surface area contributed by atoms with Gasteiger partial charge in [-0.05, 0) is 41.3 Å². The second kappa shape index (κ2) is 6.06. The molecule has 1 amide bonds. The maximum absolute atomic E-state index is 11.7. The second-order valence-electron chi connectivity index (χ2n) is 4.53. The van der Waals surface area contributed by atoms with E-state index in [1.165, 1.54) is 0 Å². The number of carbonyl (C=O) groups excluding carboxylic acids is 1. The van der Waals surface area contributed by atoms with Crippen molar-refractivity contribution in [1.82, 2.24) is 5.32 Å². The SMILES string of the molecule is CNC(=O)/C=C(/c1ccc(O)cc1)c1ccccc1C. The summed E-state index contributed by atoms with van der Waals surface area (Å²) in [5, 5.41) is 12.0. The Morgan fingerprint density at radius 3 is 2.35 bits per heavy atom. The number of nitrogens with one attached hydrogen (secondary N) is 1. The van der Waals surface area contributed by atoms with Crippen LogP contribution in [0.2, 0.25) is 0 Å². The summed E-state index contributed by atoms with van der Waals surface area (Å²) in [5.74, 6) is 0.0501. The van der Waals surface area contributed by atoms with Crippen molar-refractivity contribution in [2.75, 3.05) is 7.05 Å². The number of carbonyl (C=O) groups is 1. The summed E-state index contributed by atoms with van der Waals surface area (Å²) < 4.78 is 0. The van der Waals surface area contributed by atoms with Gasteiger partial charge < -0.3 is 10.4 Å². The van der Waals surface area contributed by atoms with Gasteiger partial charge in [0.1, 0.15) is 5.75 Å². The first-order chi connectivity index (χ1) is 9.61. The van der Waals surface area contributed by atoms with Crippen molar-refractivity contribution in [2.24, 2.45) is 0 Å². The number of likely N-dealkylation sites (N-methyl/N-ethyl adjacent to an activating group) is 1. The summed E-state index contributed by atoms with van der Waals surface area (Å²) in [7, 11) is 1.60. The van der Waals surface area contributed by atoms with Crippen molar-refractivity contribution in [2.45, 2.75) is 6.92 Å². The van der Waals surface area contributed by atoms with Gasteiger partial charge in [-0.1, -0.05) is 36.4 Å². The monoisotopic (exact) mass is 267 g/mol. The van der Waals surface area contributed by atoms with Gasteiger partial charge in [-0.25, -0.2) is 0 Å². The highest BCUT2D eigenvalue weighted by Gasteiger charge is 2.09. The van der Waals surface area contributed by atoms with Gasteiger partial charge in [0.05, 0.1) is 0 Å². The normalized spacial score (nSPS) is 11.2. The Morgan fingerprint density at radius 1 is 1.10 bits per heavy atom. The van der Waals surface area contributed by atoms with E-state index in [1.54, 1.807) is 37.4 Å². The van der Waals surface area contributed by atoms with E-state index in [1.807, 2.05) is 31.2 Å². The molecule has 0 saturated heterocycles. The van der Waals surface area contributed by atoms with E-state index in [0.717, 1.165) is 22.3 Å². The number of phenols is 1. The highest BCUT2D eigenvalue weighted by atomic mass is 16.3. The number of hydrogen-bond donors (Lipinski definition) is 2. The van der Waals surface area contributed by atoms with Crippen LogP contribution < -0.4 is 5.32 Å². The van der Waals surface area contributed by atoms with Gasteiger partial charge in [0.25, 0.3) is 0 Å². The molecule has 0 heterocycles. The summed E-state index contributed by atoms with van der Waals surface area (Å²) in [6.45, 7) is 2.01. The number of phenolic OH excluding ortho intramolecular Hbond substituents is 1. The molecule has 0 atom stereocenters. The predicted octanol–water partition coefficient (Wildman–Crippen LogP) is 2.88. The standard InChI is InChI=1S/C17H17NO2/c1-12-5-3-4-6-15(12)16(11-17(20)18-2)13-7-9-14(19)10-8-13/h3-11,19H,1-2H3,(H,18,20)/b16-11-. The largest absolute Gasteiger partial charge is 0.508 e. The lowest BCUT2D eigenvalue weighted by molar-refractivity contribution is -0.116. The second-order valence-corrected chi connectivity index (χ2v) is 4.53. The quantitative estimate of drug-likeness (QED) is 0.840. The summed E-state index contributed by atoms with van der Waals surface area (Å²) >= 11 is 0. The fourth-order valence-corrected chi connectivity index (χ4v) is 2.04. The molecule has 0 unspecified atom stereocenters. The Balaban J connectivity index is 2.56. The van der Waals surface area contributed by atoms with E-state index in [9.17, 15) is 9.90 Å². The first-order valence-corrected chi connectivity index (χ1v) is 6.40. The zero-order valence-corrected chi connectivity index (χ0v) is 11.6. The van der Waals surface area contributed by atoms with Crippen LogP contribution >= 0.6 is 0 Å². The Morgan fingerprint density at radius 2 is 1.75 bits per heavy atom. The molecular formula is C17H17NO2. The predicted molar refractivity (Wildman–Crippen MR) is 80.4 cm³/mol. The van der Waals surface area contributed by atoms with E-state index in [-0.39, 0.29) is 11.7 Å². The number of aromatic hydroxyl groups is 1. The van der Waals surface area contributed by atoms with Gasteiger partial charge in [0, 0.05) is 13.1 Å². The van der Waals surface area contributed by atoms with Crippen molar-refractivity contribution < 1.29 is 9.90 Å². The minimum Gasteiger partial charge on any atom is -0.508 e. The number of benzene rings is 2. The van der Waals surface area contributed by atoms with Crippen molar-refractivity contribution >= 4 is 11.5 Å². The van der Waals surface area contributed by atoms with Gasteiger partial charge in [-0.3, -0.25) is 4.79 Å². The van der Waals surface area contributed by atoms with Crippen LogP contribution in [-0.4, -0.2) is 18.1 Å². The maximum atomic E-state index is 11.7. The molecule has 0 aliphatic heterocycles. The molecule has 2 rings (SSSR count). The van der Waals surface area contributed by atoms with Crippen LogP contribution in [0.3, 0.4) is 0 Å². The molecule has 0 radical (unpaired) electrons. The van der Waals surface area contributed by atoms with E-state index in [2.05, 4.69) is 5.32 Å². The Bertz CT molecular complexity index is 642. The number of rotatable bonds is 3. The molecule has 0 bridgehead atoms. The fourth-order valence-electron chi connectivity index (χ4n) is 2.04. The summed E-state index contributed by atoms with van der Waals surface area (Å²) in [6, 6.07) is 14.7. The van der Waals surface area contributed by atoms with Crippen molar-refractivity contribution in [3.05, 3.63) is 71.3 Å². The van der Waals surface area contributed by atoms with Gasteiger partial charge in [0.15, 0.2) is 0 Å². The number of aryl methyl sites for hydroxylation is 1. The molecule has 3 nitrogen and oxygen atoms in total. The lowest BCUT2D eigenvalue weighted by Gasteiger charge is -2.11. The molecule has 102 valence electrons. The highest BCUT2D eigenvalue weighted by Crippen LogP contribution is 2.27. The zero-order chi connectivity index (χ0) is 14.5. The average Bonchev–Trinajstić information content (AvgIpc) is 2.46. The summed E-state index contributed by atoms with van der Waals surface area (Å²) in [6.07, 6.45) is 1.58. The van der Waals surface area contributed by atoms with E-state index in [4.69, 9.17) is 0 Å². The van der Waals surface area contributed by atoms with Crippen LogP contribution in [0.1, 0.15) is 16.7 Å². The molecule has 20 heavy (non-hydrogen) atoms. The Hall–Kier alpha value is -2.55. The number of hydrogen-bond acceptors (Lipinski definition) is 2. The lowest BCUT2D eigenvalue weighted by atomic mass is 9.94. The molecule has 2 aromatic rings. The molecule has 0 spiro atoms. The minimum absolute atomic E-state index is 0.156. The zero-order valence-electron chi connectivity index (χ0n) is 11.6. The molecule has 0 fully saturated rings. The average molecular weight is 267 g/mol. The van der Waals surface area contributed by atoms with E-state index < -0.39 is 0 Å². The Labute approximate surface area is 118 Å². The maximum Gasteiger partial charge on any atom is 0.244 e. The van der Waals surface area contributed by atoms with Crippen LogP contribution in [0, 0.1) is 6.92 Å². The molecule has 0 aliphatic carbocycles. The smallest absolute Gasteiger partial charge is 0.244 e. The van der Waals surface area contributed by atoms with Gasteiger partial charge >= 0.3 is 0 Å². The lowest BCUT2D eigenvalue weighted by Crippen LogP contribution is -2.15. The number of amides is 1. The molecule has 3 heteroatoms.